The highest BCUT2D eigenvalue weighted by molar-refractivity contribution is 7.91. The van der Waals surface area contributed by atoms with Crippen LogP contribution in [0.3, 0.4) is 0 Å². The van der Waals surface area contributed by atoms with E-state index < -0.39 is 28.0 Å². The van der Waals surface area contributed by atoms with Crippen LogP contribution in [-0.4, -0.2) is 75.2 Å². The van der Waals surface area contributed by atoms with Gasteiger partial charge in [-0.1, -0.05) is 11.6 Å². The van der Waals surface area contributed by atoms with Crippen molar-refractivity contribution in [3.8, 4) is 17.0 Å². The van der Waals surface area contributed by atoms with Crippen LogP contribution in [0.15, 0.2) is 18.2 Å². The number of carbonyl (C=O) groups is 1. The van der Waals surface area contributed by atoms with Crippen molar-refractivity contribution in [3.63, 3.8) is 0 Å². The number of sulfone groups is 1. The number of halogens is 4. The molecule has 9 nitrogen and oxygen atoms in total. The van der Waals surface area contributed by atoms with Crippen LogP contribution in [0.25, 0.3) is 11.3 Å². The standard InChI is InChI=1S/C25H34ClF3N4O5S/c1-15(25(27,28)29)31-17-7-10-19(20(13-17)38-3)23-21(26)22(32-33(23)11-12-37-2)24(34)30-14-16-5-8-18(9-6-16)39(4,35)36/h7,10,13,15-16,18,31H,5-6,8-9,11-12,14H2,1-4H3,(H,30,34). The maximum Gasteiger partial charge on any atom is 0.408 e. The number of carbonyl (C=O) groups excluding carboxylic acids is 1. The largest absolute Gasteiger partial charge is 0.496 e. The van der Waals surface area contributed by atoms with Gasteiger partial charge in [-0.25, -0.2) is 8.42 Å². The Bertz CT molecular complexity index is 1260. The molecule has 1 aliphatic rings. The van der Waals surface area contributed by atoms with Gasteiger partial charge in [-0.15, -0.1) is 0 Å². The van der Waals surface area contributed by atoms with Gasteiger partial charge in [-0.05, 0) is 50.7 Å². The zero-order valence-electron chi connectivity index (χ0n) is 22.3. The fourth-order valence-electron chi connectivity index (χ4n) is 4.58. The Morgan fingerprint density at radius 1 is 1.23 bits per heavy atom. The summed E-state index contributed by atoms with van der Waals surface area (Å²) < 4.78 is 74.8. The van der Waals surface area contributed by atoms with Crippen molar-refractivity contribution in [1.82, 2.24) is 15.1 Å². The van der Waals surface area contributed by atoms with Gasteiger partial charge in [0.2, 0.25) is 0 Å². The van der Waals surface area contributed by atoms with Crippen LogP contribution < -0.4 is 15.4 Å². The Morgan fingerprint density at radius 3 is 2.46 bits per heavy atom. The minimum absolute atomic E-state index is 0.0115. The molecule has 1 aromatic heterocycles. The first-order valence-electron chi connectivity index (χ1n) is 12.5. The number of hydrogen-bond donors (Lipinski definition) is 2. The van der Waals surface area contributed by atoms with Gasteiger partial charge in [-0.3, -0.25) is 9.48 Å². The van der Waals surface area contributed by atoms with Crippen molar-refractivity contribution in [1.29, 1.82) is 0 Å². The fraction of sp³-hybridized carbons (Fsp3) is 0.600. The minimum atomic E-state index is -4.43. The van der Waals surface area contributed by atoms with E-state index in [0.717, 1.165) is 6.92 Å². The molecule has 0 radical (unpaired) electrons. The van der Waals surface area contributed by atoms with Crippen LogP contribution in [0.5, 0.6) is 5.75 Å². The lowest BCUT2D eigenvalue weighted by Crippen LogP contribution is -2.34. The molecule has 39 heavy (non-hydrogen) atoms. The molecule has 1 heterocycles. The smallest absolute Gasteiger partial charge is 0.408 e. The van der Waals surface area contributed by atoms with E-state index in [2.05, 4.69) is 15.7 Å². The van der Waals surface area contributed by atoms with E-state index in [9.17, 15) is 26.4 Å². The van der Waals surface area contributed by atoms with Crippen molar-refractivity contribution in [2.24, 2.45) is 5.92 Å². The number of amides is 1. The van der Waals surface area contributed by atoms with Crippen molar-refractivity contribution < 1.29 is 35.9 Å². The third-order valence-corrected chi connectivity index (χ3v) is 8.94. The van der Waals surface area contributed by atoms with Gasteiger partial charge in [0.05, 0.1) is 36.2 Å². The van der Waals surface area contributed by atoms with Gasteiger partial charge >= 0.3 is 6.18 Å². The number of nitrogens with zero attached hydrogens (tertiary/aromatic N) is 2. The van der Waals surface area contributed by atoms with Crippen LogP contribution in [0, 0.1) is 5.92 Å². The zero-order valence-corrected chi connectivity index (χ0v) is 23.8. The molecule has 0 saturated heterocycles. The highest BCUT2D eigenvalue weighted by Gasteiger charge is 2.36. The summed E-state index contributed by atoms with van der Waals surface area (Å²) in [5, 5.41) is 9.38. The molecule has 14 heteroatoms. The van der Waals surface area contributed by atoms with E-state index in [1.54, 1.807) is 6.07 Å². The Balaban J connectivity index is 1.83. The van der Waals surface area contributed by atoms with Gasteiger partial charge < -0.3 is 20.1 Å². The molecule has 0 spiro atoms. The second-order valence-electron chi connectivity index (χ2n) is 9.73. The minimum Gasteiger partial charge on any atom is -0.496 e. The van der Waals surface area contributed by atoms with E-state index in [-0.39, 0.29) is 46.5 Å². The Morgan fingerprint density at radius 2 is 1.90 bits per heavy atom. The summed E-state index contributed by atoms with van der Waals surface area (Å²) in [5.74, 6) is -0.108. The molecule has 3 rings (SSSR count). The predicted octanol–water partition coefficient (Wildman–Crippen LogP) is 4.55. The van der Waals surface area contributed by atoms with Crippen LogP contribution in [-0.2, 0) is 21.1 Å². The number of nitrogens with one attached hydrogen (secondary N) is 2. The first kappa shape index (κ1) is 31.0. The SMILES string of the molecule is COCCn1nc(C(=O)NCC2CCC(S(C)(=O)=O)CC2)c(Cl)c1-c1ccc(NC(C)C(F)(F)F)cc1OC. The van der Waals surface area contributed by atoms with Gasteiger partial charge in [0.25, 0.3) is 5.91 Å². The first-order valence-corrected chi connectivity index (χ1v) is 14.8. The number of methoxy groups -OCH3 is 2. The average molecular weight is 595 g/mol. The number of alkyl halides is 3. The molecule has 2 N–H and O–H groups in total. The molecule has 1 amide bonds. The third kappa shape index (κ3) is 7.79. The summed E-state index contributed by atoms with van der Waals surface area (Å²) in [6.07, 6.45) is -0.692. The third-order valence-electron chi connectivity index (χ3n) is 6.90. The molecule has 2 aromatic rings. The average Bonchev–Trinajstić information content (AvgIpc) is 3.20. The highest BCUT2D eigenvalue weighted by Crippen LogP contribution is 2.39. The molecule has 1 fully saturated rings. The maximum atomic E-state index is 13.1. The number of rotatable bonds is 11. The predicted molar refractivity (Wildman–Crippen MR) is 143 cm³/mol. The van der Waals surface area contributed by atoms with Crippen LogP contribution in [0.4, 0.5) is 18.9 Å². The quantitative estimate of drug-likeness (QED) is 0.392. The van der Waals surface area contributed by atoms with Crippen molar-refractivity contribution in [2.45, 2.75) is 56.6 Å². The number of ether oxygens (including phenoxy) is 2. The van der Waals surface area contributed by atoms with Crippen molar-refractivity contribution in [3.05, 3.63) is 28.9 Å². The fourth-order valence-corrected chi connectivity index (χ4v) is 6.03. The van der Waals surface area contributed by atoms with E-state index >= 15 is 0 Å². The van der Waals surface area contributed by atoms with Crippen molar-refractivity contribution in [2.75, 3.05) is 38.9 Å². The van der Waals surface area contributed by atoms with E-state index in [4.69, 9.17) is 21.1 Å². The number of anilines is 1. The van der Waals surface area contributed by atoms with Gasteiger partial charge in [0.15, 0.2) is 5.69 Å². The van der Waals surface area contributed by atoms with Crippen LogP contribution in [0.1, 0.15) is 43.1 Å². The molecular weight excluding hydrogens is 561 g/mol. The summed E-state index contributed by atoms with van der Waals surface area (Å²) in [7, 11) is -0.184. The Kier molecular flexibility index (Phi) is 10.2. The molecule has 1 saturated carbocycles. The van der Waals surface area contributed by atoms with Crippen LogP contribution in [0.2, 0.25) is 5.02 Å². The Hall–Kier alpha value is -2.51. The monoisotopic (exact) mass is 594 g/mol. The van der Waals surface area contributed by atoms with E-state index in [0.29, 0.717) is 43.5 Å². The zero-order chi connectivity index (χ0) is 29.0. The summed E-state index contributed by atoms with van der Waals surface area (Å²) in [6.45, 7) is 1.88. The molecular formula is C25H34ClF3N4O5S. The first-order chi connectivity index (χ1) is 18.3. The second kappa shape index (κ2) is 12.8. The maximum absolute atomic E-state index is 13.1. The molecule has 0 aliphatic heterocycles. The lowest BCUT2D eigenvalue weighted by molar-refractivity contribution is -0.138. The molecule has 1 aromatic carbocycles. The summed E-state index contributed by atoms with van der Waals surface area (Å²) in [4.78, 5) is 13.1. The van der Waals surface area contributed by atoms with E-state index in [1.807, 2.05) is 0 Å². The summed E-state index contributed by atoms with van der Waals surface area (Å²) >= 11 is 6.67. The lowest BCUT2D eigenvalue weighted by Gasteiger charge is -2.27. The highest BCUT2D eigenvalue weighted by atomic mass is 35.5. The van der Waals surface area contributed by atoms with Gasteiger partial charge in [0.1, 0.15) is 21.6 Å². The topological polar surface area (TPSA) is 112 Å². The molecule has 218 valence electrons. The summed E-state index contributed by atoms with van der Waals surface area (Å²) in [5.41, 5.74) is 0.986. The normalized spacial score (nSPS) is 19.0. The molecule has 1 aliphatic carbocycles. The summed E-state index contributed by atoms with van der Waals surface area (Å²) in [6, 6.07) is 2.67. The molecule has 0 bridgehead atoms. The van der Waals surface area contributed by atoms with Gasteiger partial charge in [0, 0.05) is 37.2 Å². The molecule has 1 unspecified atom stereocenters. The number of hydrogen-bond acceptors (Lipinski definition) is 7. The lowest BCUT2D eigenvalue weighted by atomic mass is 9.89. The van der Waals surface area contributed by atoms with Gasteiger partial charge in [-0.2, -0.15) is 18.3 Å². The number of benzene rings is 1. The molecule has 1 atom stereocenters. The number of aromatic nitrogens is 2. The Labute approximate surface area is 231 Å². The second-order valence-corrected chi connectivity index (χ2v) is 12.4. The van der Waals surface area contributed by atoms with Crippen LogP contribution >= 0.6 is 11.6 Å². The van der Waals surface area contributed by atoms with Crippen molar-refractivity contribution >= 4 is 33.0 Å². The van der Waals surface area contributed by atoms with E-state index in [1.165, 1.54) is 37.3 Å².